The van der Waals surface area contributed by atoms with Crippen molar-refractivity contribution in [3.05, 3.63) is 0 Å². The Balaban J connectivity index is 6.06. The number of hydrogen-bond acceptors (Lipinski definition) is 8. The number of aliphatic imine (C=N–C) groups is 1. The van der Waals surface area contributed by atoms with Crippen molar-refractivity contribution in [2.24, 2.45) is 45.7 Å². The fraction of sp³-hybridized carbons (Fsp3) is 0.741. The standard InChI is InChI=1S/C27H51N9O7/c1-7-14(5)19(29)23(39)35-20(13(3)4)24(40)33-16(10-9-11-32-27(30)31)22(38)36-21(15(6)8-2)25(41)34-17(26(42)43)12-18(28)37/h13-17,19-21H,7-12,29H2,1-6H3,(H2,28,37)(H,33,40)(H,34,41)(H,35,39)(H,36,38)(H,42,43)(H4,30,31,32)/t14-,15-,16-,17-,19-,20-,21-/m0/s1. The summed E-state index contributed by atoms with van der Waals surface area (Å²) in [7, 11) is 0. The first-order valence-corrected chi connectivity index (χ1v) is 14.5. The Labute approximate surface area is 252 Å². The van der Waals surface area contributed by atoms with Gasteiger partial charge in [-0.05, 0) is 30.6 Å². The summed E-state index contributed by atoms with van der Waals surface area (Å²) in [4.78, 5) is 79.4. The largest absolute Gasteiger partial charge is 0.480 e. The van der Waals surface area contributed by atoms with Gasteiger partial charge in [-0.2, -0.15) is 0 Å². The molecule has 0 saturated heterocycles. The molecule has 13 N–H and O–H groups in total. The van der Waals surface area contributed by atoms with E-state index in [1.807, 2.05) is 13.8 Å². The molecule has 0 heterocycles. The molecule has 43 heavy (non-hydrogen) atoms. The molecule has 0 aliphatic carbocycles. The number of rotatable bonds is 20. The SMILES string of the molecule is CC[C@H](C)[C@H](N)C(=O)N[C@H](C(=O)N[C@@H](CCCN=C(N)N)C(=O)N[C@H](C(=O)N[C@@H](CC(N)=O)C(=O)O)[C@@H](C)CC)C(C)C. The molecule has 0 rings (SSSR count). The van der Waals surface area contributed by atoms with Crippen LogP contribution in [0, 0.1) is 17.8 Å². The molecular formula is C27H51N9O7. The highest BCUT2D eigenvalue weighted by molar-refractivity contribution is 5.96. The number of carboxylic acids is 1. The van der Waals surface area contributed by atoms with Crippen LogP contribution in [0.5, 0.6) is 0 Å². The fourth-order valence-electron chi connectivity index (χ4n) is 3.95. The Morgan fingerprint density at radius 3 is 1.70 bits per heavy atom. The average molecular weight is 614 g/mol. The third-order valence-corrected chi connectivity index (χ3v) is 7.20. The van der Waals surface area contributed by atoms with Crippen LogP contribution >= 0.6 is 0 Å². The Hall–Kier alpha value is -3.95. The zero-order valence-corrected chi connectivity index (χ0v) is 26.0. The number of guanidine groups is 1. The van der Waals surface area contributed by atoms with Gasteiger partial charge in [0.25, 0.3) is 0 Å². The summed E-state index contributed by atoms with van der Waals surface area (Å²) in [6.45, 7) is 10.8. The van der Waals surface area contributed by atoms with Crippen LogP contribution in [0.15, 0.2) is 4.99 Å². The van der Waals surface area contributed by atoms with E-state index < -0.39 is 78.1 Å². The van der Waals surface area contributed by atoms with Crippen molar-refractivity contribution < 1.29 is 33.9 Å². The number of aliphatic carboxylic acids is 1. The van der Waals surface area contributed by atoms with E-state index in [0.29, 0.717) is 12.8 Å². The predicted molar refractivity (Wildman–Crippen MR) is 161 cm³/mol. The lowest BCUT2D eigenvalue weighted by Crippen LogP contribution is -2.60. The lowest BCUT2D eigenvalue weighted by Gasteiger charge is -2.29. The van der Waals surface area contributed by atoms with Gasteiger partial charge in [0.05, 0.1) is 12.5 Å². The highest BCUT2D eigenvalue weighted by atomic mass is 16.4. The van der Waals surface area contributed by atoms with Crippen LogP contribution < -0.4 is 44.2 Å². The van der Waals surface area contributed by atoms with Crippen LogP contribution in [0.25, 0.3) is 0 Å². The number of nitrogens with one attached hydrogen (secondary N) is 4. The molecule has 0 spiro atoms. The minimum absolute atomic E-state index is 0.0633. The zero-order valence-electron chi connectivity index (χ0n) is 26.0. The van der Waals surface area contributed by atoms with Gasteiger partial charge < -0.3 is 49.3 Å². The van der Waals surface area contributed by atoms with Crippen LogP contribution in [0.3, 0.4) is 0 Å². The maximum atomic E-state index is 13.5. The fourth-order valence-corrected chi connectivity index (χ4v) is 3.95. The quantitative estimate of drug-likeness (QED) is 0.0414. The molecule has 0 aromatic rings. The third kappa shape index (κ3) is 14.2. The van der Waals surface area contributed by atoms with E-state index in [0.717, 1.165) is 0 Å². The number of hydrogen-bond donors (Lipinski definition) is 9. The van der Waals surface area contributed by atoms with Crippen molar-refractivity contribution in [2.75, 3.05) is 6.54 Å². The van der Waals surface area contributed by atoms with Crippen molar-refractivity contribution in [3.63, 3.8) is 0 Å². The molecule has 0 aromatic heterocycles. The highest BCUT2D eigenvalue weighted by Crippen LogP contribution is 2.12. The lowest BCUT2D eigenvalue weighted by molar-refractivity contribution is -0.144. The molecule has 0 aliphatic heterocycles. The van der Waals surface area contributed by atoms with Crippen molar-refractivity contribution in [1.29, 1.82) is 0 Å². The molecule has 16 nitrogen and oxygen atoms in total. The zero-order chi connectivity index (χ0) is 33.4. The van der Waals surface area contributed by atoms with Gasteiger partial charge in [-0.1, -0.05) is 54.4 Å². The molecule has 0 aromatic carbocycles. The van der Waals surface area contributed by atoms with Gasteiger partial charge in [0.15, 0.2) is 5.96 Å². The summed E-state index contributed by atoms with van der Waals surface area (Å²) < 4.78 is 0. The summed E-state index contributed by atoms with van der Waals surface area (Å²) >= 11 is 0. The first-order valence-electron chi connectivity index (χ1n) is 14.5. The topological polar surface area (TPSA) is 287 Å². The van der Waals surface area contributed by atoms with E-state index >= 15 is 0 Å². The molecule has 0 fully saturated rings. The number of amides is 5. The predicted octanol–water partition coefficient (Wildman–Crippen LogP) is -1.99. The van der Waals surface area contributed by atoms with E-state index in [1.54, 1.807) is 27.7 Å². The maximum Gasteiger partial charge on any atom is 0.326 e. The highest BCUT2D eigenvalue weighted by Gasteiger charge is 2.34. The van der Waals surface area contributed by atoms with Gasteiger partial charge in [0, 0.05) is 6.54 Å². The van der Waals surface area contributed by atoms with Crippen molar-refractivity contribution >= 4 is 41.5 Å². The molecule has 0 aliphatic rings. The molecule has 0 bridgehead atoms. The van der Waals surface area contributed by atoms with Gasteiger partial charge in [-0.3, -0.25) is 29.0 Å². The second-order valence-electron chi connectivity index (χ2n) is 11.1. The summed E-state index contributed by atoms with van der Waals surface area (Å²) in [5, 5.41) is 19.6. The van der Waals surface area contributed by atoms with Crippen molar-refractivity contribution in [3.8, 4) is 0 Å². The lowest BCUT2D eigenvalue weighted by atomic mass is 9.96. The molecule has 0 saturated carbocycles. The van der Waals surface area contributed by atoms with Crippen LogP contribution in [-0.2, 0) is 28.8 Å². The number of nitrogens with zero attached hydrogens (tertiary/aromatic N) is 1. The second-order valence-corrected chi connectivity index (χ2v) is 11.1. The van der Waals surface area contributed by atoms with Crippen LogP contribution in [0.4, 0.5) is 0 Å². The summed E-state index contributed by atoms with van der Waals surface area (Å²) in [6, 6.07) is -5.84. The van der Waals surface area contributed by atoms with Crippen molar-refractivity contribution in [1.82, 2.24) is 21.3 Å². The number of nitrogens with two attached hydrogens (primary N) is 4. The van der Waals surface area contributed by atoms with Crippen LogP contribution in [0.2, 0.25) is 0 Å². The Kier molecular flexibility index (Phi) is 17.5. The van der Waals surface area contributed by atoms with Gasteiger partial charge in [-0.25, -0.2) is 4.79 Å². The van der Waals surface area contributed by atoms with Crippen LogP contribution in [0.1, 0.15) is 73.6 Å². The van der Waals surface area contributed by atoms with Crippen LogP contribution in [-0.4, -0.2) is 83.3 Å². The minimum Gasteiger partial charge on any atom is -0.480 e. The Morgan fingerprint density at radius 1 is 0.721 bits per heavy atom. The molecule has 7 atom stereocenters. The minimum atomic E-state index is -1.60. The van der Waals surface area contributed by atoms with Gasteiger partial charge in [-0.15, -0.1) is 0 Å². The van der Waals surface area contributed by atoms with Gasteiger partial charge in [0.1, 0.15) is 24.2 Å². The third-order valence-electron chi connectivity index (χ3n) is 7.20. The van der Waals surface area contributed by atoms with E-state index in [-0.39, 0.29) is 37.2 Å². The second kappa shape index (κ2) is 19.3. The molecule has 5 amide bonds. The number of carbonyl (C=O) groups excluding carboxylic acids is 5. The summed E-state index contributed by atoms with van der Waals surface area (Å²) in [6.07, 6.45) is 0.771. The maximum absolute atomic E-state index is 13.5. The monoisotopic (exact) mass is 613 g/mol. The van der Waals surface area contributed by atoms with E-state index in [4.69, 9.17) is 22.9 Å². The smallest absolute Gasteiger partial charge is 0.326 e. The van der Waals surface area contributed by atoms with E-state index in [9.17, 15) is 33.9 Å². The Bertz CT molecular complexity index is 1000. The first-order chi connectivity index (χ1) is 20.0. The first kappa shape index (κ1) is 39.0. The number of primary amides is 1. The molecule has 16 heteroatoms. The molecule has 0 radical (unpaired) electrons. The summed E-state index contributed by atoms with van der Waals surface area (Å²) in [5.41, 5.74) is 21.9. The van der Waals surface area contributed by atoms with E-state index in [2.05, 4.69) is 26.3 Å². The molecule has 0 unspecified atom stereocenters. The van der Waals surface area contributed by atoms with Crippen molar-refractivity contribution in [2.45, 2.75) is 104 Å². The van der Waals surface area contributed by atoms with Gasteiger partial charge in [0.2, 0.25) is 29.5 Å². The average Bonchev–Trinajstić information content (AvgIpc) is 2.93. The summed E-state index contributed by atoms with van der Waals surface area (Å²) in [5.74, 6) is -6.23. The number of carbonyl (C=O) groups is 6. The van der Waals surface area contributed by atoms with E-state index in [1.165, 1.54) is 0 Å². The Morgan fingerprint density at radius 2 is 1.23 bits per heavy atom. The normalized spacial score (nSPS) is 15.9. The van der Waals surface area contributed by atoms with Gasteiger partial charge >= 0.3 is 5.97 Å². The molecular weight excluding hydrogens is 562 g/mol. The number of carboxylic acid groups (broad SMARTS) is 1. The molecule has 246 valence electrons.